The van der Waals surface area contributed by atoms with Gasteiger partial charge in [0.15, 0.2) is 17.3 Å². The summed E-state index contributed by atoms with van der Waals surface area (Å²) in [6.07, 6.45) is 3.56. The van der Waals surface area contributed by atoms with E-state index in [1.54, 1.807) is 13.2 Å². The first-order valence-electron chi connectivity index (χ1n) is 7.50. The lowest BCUT2D eigenvalue weighted by molar-refractivity contribution is 0.326. The highest BCUT2D eigenvalue weighted by Crippen LogP contribution is 2.28. The van der Waals surface area contributed by atoms with Crippen molar-refractivity contribution in [1.82, 2.24) is 14.9 Å². The Morgan fingerprint density at radius 3 is 2.96 bits per heavy atom. The maximum absolute atomic E-state index is 5.55. The minimum absolute atomic E-state index is 0.443. The van der Waals surface area contributed by atoms with Crippen molar-refractivity contribution in [2.75, 3.05) is 19.1 Å². The van der Waals surface area contributed by atoms with E-state index < -0.39 is 0 Å². The van der Waals surface area contributed by atoms with E-state index in [0.29, 0.717) is 29.4 Å². The first-order valence-corrected chi connectivity index (χ1v) is 7.91. The Bertz CT molecular complexity index is 708. The lowest BCUT2D eigenvalue weighted by Crippen LogP contribution is -2.17. The van der Waals surface area contributed by atoms with Gasteiger partial charge in [0.05, 0.1) is 13.7 Å². The fraction of sp³-hybridized carbons (Fsp3) is 0.375. The fourth-order valence-electron chi connectivity index (χ4n) is 2.14. The maximum atomic E-state index is 5.55. The fourth-order valence-corrected chi connectivity index (χ4v) is 2.36. The van der Waals surface area contributed by atoms with Gasteiger partial charge in [-0.1, -0.05) is 25.6 Å². The standard InChI is InChI=1S/C16H22N4O2S/c1-4-6-15-18-19-16(23)20(15)17-11-12-7-8-13(22-9-5-2)14(10-12)21-3/h5,7-8,10,17H,2,4,6,9,11H2,1,3H3,(H,19,23). The molecule has 23 heavy (non-hydrogen) atoms. The molecule has 1 aromatic heterocycles. The molecule has 0 spiro atoms. The van der Waals surface area contributed by atoms with E-state index in [1.165, 1.54) is 0 Å². The van der Waals surface area contributed by atoms with Crippen molar-refractivity contribution in [3.8, 4) is 11.5 Å². The Kier molecular flexibility index (Phi) is 6.22. The molecule has 0 aliphatic carbocycles. The quantitative estimate of drug-likeness (QED) is 0.544. The van der Waals surface area contributed by atoms with Crippen molar-refractivity contribution in [2.24, 2.45) is 0 Å². The molecule has 0 radical (unpaired) electrons. The van der Waals surface area contributed by atoms with Crippen LogP contribution in [0.5, 0.6) is 11.5 Å². The van der Waals surface area contributed by atoms with Gasteiger partial charge in [0.1, 0.15) is 6.61 Å². The van der Waals surface area contributed by atoms with E-state index in [4.69, 9.17) is 21.7 Å². The van der Waals surface area contributed by atoms with E-state index in [2.05, 4.69) is 29.1 Å². The zero-order valence-corrected chi connectivity index (χ0v) is 14.3. The van der Waals surface area contributed by atoms with Gasteiger partial charge in [0.25, 0.3) is 0 Å². The molecule has 0 aliphatic heterocycles. The Labute approximate surface area is 141 Å². The Morgan fingerprint density at radius 2 is 2.26 bits per heavy atom. The number of H-pyrrole nitrogens is 1. The molecule has 0 saturated heterocycles. The number of benzene rings is 1. The highest BCUT2D eigenvalue weighted by Gasteiger charge is 2.07. The van der Waals surface area contributed by atoms with Crippen molar-refractivity contribution in [3.63, 3.8) is 0 Å². The lowest BCUT2D eigenvalue weighted by Gasteiger charge is -2.13. The first kappa shape index (κ1) is 17.1. The third kappa shape index (κ3) is 4.35. The second-order valence-electron chi connectivity index (χ2n) is 4.95. The minimum atomic E-state index is 0.443. The predicted octanol–water partition coefficient (Wildman–Crippen LogP) is 3.21. The number of nitrogens with one attached hydrogen (secondary N) is 2. The van der Waals surface area contributed by atoms with Crippen molar-refractivity contribution in [2.45, 2.75) is 26.3 Å². The summed E-state index contributed by atoms with van der Waals surface area (Å²) in [5, 5.41) is 7.04. The van der Waals surface area contributed by atoms with Crippen LogP contribution in [0, 0.1) is 4.77 Å². The molecule has 1 aromatic carbocycles. The summed E-state index contributed by atoms with van der Waals surface area (Å²) in [6, 6.07) is 5.81. The Morgan fingerprint density at radius 1 is 1.43 bits per heavy atom. The summed E-state index contributed by atoms with van der Waals surface area (Å²) in [6.45, 7) is 6.79. The van der Waals surface area contributed by atoms with Gasteiger partial charge < -0.3 is 14.9 Å². The second-order valence-corrected chi connectivity index (χ2v) is 5.34. The molecule has 0 bridgehead atoms. The van der Waals surface area contributed by atoms with Crippen LogP contribution < -0.4 is 14.9 Å². The molecule has 124 valence electrons. The molecule has 0 amide bonds. The monoisotopic (exact) mass is 334 g/mol. The van der Waals surface area contributed by atoms with Crippen LogP contribution in [0.3, 0.4) is 0 Å². The van der Waals surface area contributed by atoms with Crippen molar-refractivity contribution < 1.29 is 9.47 Å². The van der Waals surface area contributed by atoms with Gasteiger partial charge in [0.2, 0.25) is 4.77 Å². The lowest BCUT2D eigenvalue weighted by atomic mass is 10.2. The summed E-state index contributed by atoms with van der Waals surface area (Å²) >= 11 is 5.25. The van der Waals surface area contributed by atoms with Gasteiger partial charge in [0, 0.05) is 6.42 Å². The molecule has 1 heterocycles. The third-order valence-electron chi connectivity index (χ3n) is 3.24. The number of aromatic amines is 1. The van der Waals surface area contributed by atoms with Crippen LogP contribution in [0.4, 0.5) is 0 Å². The number of aryl methyl sites for hydroxylation is 1. The largest absolute Gasteiger partial charge is 0.493 e. The molecule has 2 N–H and O–H groups in total. The molecule has 0 saturated carbocycles. The van der Waals surface area contributed by atoms with E-state index in [1.807, 2.05) is 22.9 Å². The molecule has 7 heteroatoms. The van der Waals surface area contributed by atoms with Crippen LogP contribution in [-0.4, -0.2) is 28.6 Å². The Balaban J connectivity index is 2.10. The van der Waals surface area contributed by atoms with Crippen molar-refractivity contribution in [1.29, 1.82) is 0 Å². The van der Waals surface area contributed by atoms with Gasteiger partial charge in [-0.3, -0.25) is 5.10 Å². The highest BCUT2D eigenvalue weighted by atomic mass is 32.1. The first-order chi connectivity index (χ1) is 11.2. The molecule has 6 nitrogen and oxygen atoms in total. The van der Waals surface area contributed by atoms with Gasteiger partial charge in [-0.15, -0.1) is 0 Å². The smallest absolute Gasteiger partial charge is 0.214 e. The normalized spacial score (nSPS) is 10.3. The molecular formula is C16H22N4O2S. The molecule has 2 rings (SSSR count). The number of hydrogen-bond donors (Lipinski definition) is 2. The van der Waals surface area contributed by atoms with Crippen LogP contribution in [0.1, 0.15) is 24.7 Å². The molecule has 0 aliphatic rings. The zero-order chi connectivity index (χ0) is 16.7. The predicted molar refractivity (Wildman–Crippen MR) is 93.2 cm³/mol. The van der Waals surface area contributed by atoms with Crippen LogP contribution in [0.2, 0.25) is 0 Å². The van der Waals surface area contributed by atoms with Crippen LogP contribution in [-0.2, 0) is 13.0 Å². The second kappa shape index (κ2) is 8.38. The van der Waals surface area contributed by atoms with Gasteiger partial charge in [-0.05, 0) is 36.3 Å². The Hall–Kier alpha value is -2.28. The van der Waals surface area contributed by atoms with Gasteiger partial charge in [-0.25, -0.2) is 4.68 Å². The number of hydrogen-bond acceptors (Lipinski definition) is 5. The van der Waals surface area contributed by atoms with Crippen molar-refractivity contribution in [3.05, 3.63) is 47.0 Å². The molecule has 0 unspecified atom stereocenters. The third-order valence-corrected chi connectivity index (χ3v) is 3.52. The summed E-state index contributed by atoms with van der Waals surface area (Å²) < 4.78 is 13.3. The highest BCUT2D eigenvalue weighted by molar-refractivity contribution is 7.71. The maximum Gasteiger partial charge on any atom is 0.214 e. The summed E-state index contributed by atoms with van der Waals surface area (Å²) in [5.41, 5.74) is 4.34. The molecular weight excluding hydrogens is 312 g/mol. The molecule has 0 fully saturated rings. The summed E-state index contributed by atoms with van der Waals surface area (Å²) in [5.74, 6) is 2.29. The number of ether oxygens (including phenoxy) is 2. The summed E-state index contributed by atoms with van der Waals surface area (Å²) in [7, 11) is 1.62. The van der Waals surface area contributed by atoms with Crippen LogP contribution >= 0.6 is 12.2 Å². The topological polar surface area (TPSA) is 64.1 Å². The number of methoxy groups -OCH3 is 1. The van der Waals surface area contributed by atoms with Crippen molar-refractivity contribution >= 4 is 12.2 Å². The van der Waals surface area contributed by atoms with Gasteiger partial charge >= 0.3 is 0 Å². The summed E-state index contributed by atoms with van der Waals surface area (Å²) in [4.78, 5) is 0. The van der Waals surface area contributed by atoms with E-state index >= 15 is 0 Å². The number of rotatable bonds is 9. The number of aromatic nitrogens is 3. The van der Waals surface area contributed by atoms with Crippen LogP contribution in [0.15, 0.2) is 30.9 Å². The van der Waals surface area contributed by atoms with Gasteiger partial charge in [-0.2, -0.15) is 5.10 Å². The molecule has 2 aromatic rings. The molecule has 0 atom stereocenters. The zero-order valence-electron chi connectivity index (χ0n) is 13.5. The van der Waals surface area contributed by atoms with E-state index in [0.717, 1.165) is 24.2 Å². The average Bonchev–Trinajstić information content (AvgIpc) is 2.91. The average molecular weight is 334 g/mol. The SMILES string of the molecule is C=CCOc1ccc(CNn2c(CCC)n[nH]c2=S)cc1OC. The number of nitrogens with zero attached hydrogens (tertiary/aromatic N) is 2. The minimum Gasteiger partial charge on any atom is -0.493 e. The van der Waals surface area contributed by atoms with E-state index in [-0.39, 0.29) is 0 Å². The van der Waals surface area contributed by atoms with Crippen LogP contribution in [0.25, 0.3) is 0 Å². The van der Waals surface area contributed by atoms with E-state index in [9.17, 15) is 0 Å².